The van der Waals surface area contributed by atoms with Crippen LogP contribution in [0.1, 0.15) is 5.56 Å². The first-order valence-electron chi connectivity index (χ1n) is 13.3. The van der Waals surface area contributed by atoms with E-state index in [9.17, 15) is 4.39 Å². The van der Waals surface area contributed by atoms with E-state index in [4.69, 9.17) is 10.7 Å². The number of nitrogens with zero attached hydrogens (tertiary/aromatic N) is 6. The smallest absolute Gasteiger partial charge is 0.147 e. The van der Waals surface area contributed by atoms with E-state index >= 15 is 0 Å². The van der Waals surface area contributed by atoms with Crippen molar-refractivity contribution in [2.24, 2.45) is 5.73 Å². The number of hydrogen-bond donors (Lipinski definition) is 4. The van der Waals surface area contributed by atoms with E-state index in [-0.39, 0.29) is 11.9 Å². The van der Waals surface area contributed by atoms with Crippen molar-refractivity contribution in [1.29, 1.82) is 0 Å². The Hall–Kier alpha value is -4.65. The van der Waals surface area contributed by atoms with Crippen molar-refractivity contribution in [3.8, 4) is 34.0 Å². The number of anilines is 1. The van der Waals surface area contributed by atoms with E-state index in [1.165, 1.54) is 12.1 Å². The van der Waals surface area contributed by atoms with E-state index in [0.29, 0.717) is 29.2 Å². The monoisotopic (exact) mass is 580 g/mol. The molecule has 0 amide bonds. The summed E-state index contributed by atoms with van der Waals surface area (Å²) in [6, 6.07) is 11.0. The van der Waals surface area contributed by atoms with Crippen LogP contribution in [0.5, 0.6) is 0 Å². The number of pyridine rings is 2. The average molecular weight is 581 g/mol. The molecule has 12 heteroatoms. The summed E-state index contributed by atoms with van der Waals surface area (Å²) in [5.74, 6) is 8.54. The van der Waals surface area contributed by atoms with Crippen LogP contribution in [0.3, 0.4) is 0 Å². The maximum absolute atomic E-state index is 14.7. The first kappa shape index (κ1) is 26.3. The fourth-order valence-corrected chi connectivity index (χ4v) is 5.67. The molecule has 6 aromatic rings. The third-order valence-electron chi connectivity index (χ3n) is 7.22. The Morgan fingerprint density at radius 2 is 1.86 bits per heavy atom. The second-order valence-electron chi connectivity index (χ2n) is 10.9. The minimum Gasteiger partial charge on any atom is -0.353 e. The average Bonchev–Trinajstić information content (AvgIpc) is 3.57. The summed E-state index contributed by atoms with van der Waals surface area (Å²) in [6.07, 6.45) is 8.86. The molecule has 1 fully saturated rings. The van der Waals surface area contributed by atoms with Crippen LogP contribution in [0.25, 0.3) is 55.8 Å². The van der Waals surface area contributed by atoms with Gasteiger partial charge in [-0.3, -0.25) is 24.8 Å². The summed E-state index contributed by atoms with van der Waals surface area (Å²) in [5, 5.41) is 9.42. The number of nitrogens with two attached hydrogens (primary N) is 1. The van der Waals surface area contributed by atoms with Crippen LogP contribution in [0, 0.1) is 5.82 Å². The summed E-state index contributed by atoms with van der Waals surface area (Å²) in [4.78, 5) is 23.9. The van der Waals surface area contributed by atoms with Gasteiger partial charge in [-0.2, -0.15) is 14.5 Å². The van der Waals surface area contributed by atoms with Crippen LogP contribution < -0.4 is 15.4 Å². The second-order valence-corrected chi connectivity index (χ2v) is 13.7. The fraction of sp³-hybridized carbons (Fsp3) is 0.167. The Kier molecular flexibility index (Phi) is 6.26. The van der Waals surface area contributed by atoms with Gasteiger partial charge in [-0.15, -0.1) is 0 Å². The zero-order valence-corrected chi connectivity index (χ0v) is 23.7. The molecular weight excluding hydrogens is 551 g/mol. The SMILES string of the molecule is C=S(=C)(C)NCc1cc(F)cc(-c2nccc3[nH]c(-c4n[nH]c5cnc(-c6cncc(N7CC(N)C7)n6)cc45)cc23)c1. The molecule has 5 aromatic heterocycles. The van der Waals surface area contributed by atoms with Gasteiger partial charge in [0.05, 0.1) is 41.2 Å². The molecule has 5 N–H and O–H groups in total. The largest absolute Gasteiger partial charge is 0.353 e. The molecule has 1 aliphatic rings. The lowest BCUT2D eigenvalue weighted by atomic mass is 10.0. The maximum Gasteiger partial charge on any atom is 0.147 e. The van der Waals surface area contributed by atoms with Gasteiger partial charge in [0.1, 0.15) is 23.0 Å². The second kappa shape index (κ2) is 10.0. The highest BCUT2D eigenvalue weighted by atomic mass is 32.2. The van der Waals surface area contributed by atoms with Crippen LogP contribution in [0.4, 0.5) is 10.2 Å². The van der Waals surface area contributed by atoms with Gasteiger partial charge in [-0.25, -0.2) is 9.37 Å². The van der Waals surface area contributed by atoms with E-state index in [1.807, 2.05) is 30.5 Å². The van der Waals surface area contributed by atoms with E-state index in [2.05, 4.69) is 51.5 Å². The zero-order chi connectivity index (χ0) is 29.0. The van der Waals surface area contributed by atoms with Gasteiger partial charge in [0.15, 0.2) is 0 Å². The quantitative estimate of drug-likeness (QED) is 0.206. The summed E-state index contributed by atoms with van der Waals surface area (Å²) in [6.45, 7) is 1.98. The molecule has 0 unspecified atom stereocenters. The molecule has 1 saturated heterocycles. The molecule has 0 atom stereocenters. The molecule has 0 aliphatic carbocycles. The predicted octanol–water partition coefficient (Wildman–Crippen LogP) is 4.21. The highest BCUT2D eigenvalue weighted by molar-refractivity contribution is 8.25. The first-order valence-corrected chi connectivity index (χ1v) is 15.7. The van der Waals surface area contributed by atoms with Crippen LogP contribution >= 0.6 is 9.39 Å². The standard InChI is InChI=1S/C30H29FN10S/c1-42(2,3)36-11-17-6-18(8-19(31)7-17)29-21-10-25(37-23(21)4-5-34-29)30-22-9-24(35-13-26(22)39-40-30)27-12-33-14-28(38-27)41-15-20(32)16-41/h4-10,12-14,20,36-37H,1-2,11,15-16,32H2,3H3,(H,39,40). The van der Waals surface area contributed by atoms with Crippen molar-refractivity contribution >= 4 is 48.8 Å². The van der Waals surface area contributed by atoms with Gasteiger partial charge in [0, 0.05) is 53.7 Å². The number of halogens is 1. The van der Waals surface area contributed by atoms with Crippen molar-refractivity contribution < 1.29 is 4.39 Å². The molecule has 10 nitrogen and oxygen atoms in total. The van der Waals surface area contributed by atoms with E-state index in [1.54, 1.807) is 24.8 Å². The molecule has 0 bridgehead atoms. The minimum absolute atomic E-state index is 0.162. The maximum atomic E-state index is 14.7. The van der Waals surface area contributed by atoms with Gasteiger partial charge in [0.25, 0.3) is 0 Å². The molecule has 42 heavy (non-hydrogen) atoms. The molecule has 1 aromatic carbocycles. The van der Waals surface area contributed by atoms with Crippen molar-refractivity contribution in [2.45, 2.75) is 12.6 Å². The van der Waals surface area contributed by atoms with Gasteiger partial charge in [-0.05, 0) is 48.2 Å². The van der Waals surface area contributed by atoms with Gasteiger partial charge >= 0.3 is 0 Å². The molecule has 0 saturated carbocycles. The van der Waals surface area contributed by atoms with Crippen molar-refractivity contribution in [3.63, 3.8) is 0 Å². The summed E-state index contributed by atoms with van der Waals surface area (Å²) in [5.41, 5.74) is 12.6. The molecule has 1 aliphatic heterocycles. The third kappa shape index (κ3) is 5.00. The summed E-state index contributed by atoms with van der Waals surface area (Å²) < 4.78 is 18.0. The lowest BCUT2D eigenvalue weighted by Crippen LogP contribution is -2.56. The zero-order valence-electron chi connectivity index (χ0n) is 22.9. The Balaban J connectivity index is 1.26. The summed E-state index contributed by atoms with van der Waals surface area (Å²) >= 11 is 0. The van der Waals surface area contributed by atoms with E-state index < -0.39 is 9.39 Å². The van der Waals surface area contributed by atoms with Crippen LogP contribution in [0.15, 0.2) is 61.2 Å². The third-order valence-corrected chi connectivity index (χ3v) is 8.07. The number of rotatable bonds is 7. The minimum atomic E-state index is -1.44. The number of benzene rings is 1. The number of aromatic amines is 2. The van der Waals surface area contributed by atoms with Crippen molar-refractivity contribution in [3.05, 3.63) is 72.6 Å². The molecular formula is C30H29FN10S. The Morgan fingerprint density at radius 3 is 2.67 bits per heavy atom. The molecule has 6 heterocycles. The Morgan fingerprint density at radius 1 is 1.02 bits per heavy atom. The summed E-state index contributed by atoms with van der Waals surface area (Å²) in [7, 11) is -1.44. The molecule has 0 radical (unpaired) electrons. The number of nitrogens with one attached hydrogen (secondary N) is 3. The Labute approximate surface area is 241 Å². The van der Waals surface area contributed by atoms with Gasteiger partial charge < -0.3 is 15.6 Å². The number of aromatic nitrogens is 7. The normalized spacial score (nSPS) is 14.1. The van der Waals surface area contributed by atoms with Crippen LogP contribution in [0.2, 0.25) is 0 Å². The van der Waals surface area contributed by atoms with Crippen LogP contribution in [-0.2, 0) is 6.54 Å². The first-order chi connectivity index (χ1) is 20.2. The lowest BCUT2D eigenvalue weighted by Gasteiger charge is -2.37. The van der Waals surface area contributed by atoms with Gasteiger partial charge in [-0.1, -0.05) is 11.7 Å². The van der Waals surface area contributed by atoms with Crippen molar-refractivity contribution in [2.75, 3.05) is 24.2 Å². The fourth-order valence-electron chi connectivity index (χ4n) is 5.15. The lowest BCUT2D eigenvalue weighted by molar-refractivity contribution is 0.514. The molecule has 7 rings (SSSR count). The predicted molar refractivity (Wildman–Crippen MR) is 170 cm³/mol. The Bertz CT molecular complexity index is 2080. The number of H-pyrrole nitrogens is 2. The molecule has 0 spiro atoms. The van der Waals surface area contributed by atoms with Crippen molar-refractivity contribution in [1.82, 2.24) is 39.8 Å². The van der Waals surface area contributed by atoms with Crippen LogP contribution in [-0.4, -0.2) is 72.2 Å². The van der Waals surface area contributed by atoms with E-state index in [0.717, 1.165) is 57.7 Å². The highest BCUT2D eigenvalue weighted by Crippen LogP contribution is 2.34. The highest BCUT2D eigenvalue weighted by Gasteiger charge is 2.25. The number of fused-ring (bicyclic) bond motifs is 2. The van der Waals surface area contributed by atoms with Gasteiger partial charge in [0.2, 0.25) is 0 Å². The number of hydrogen-bond acceptors (Lipinski definition) is 8. The topological polar surface area (TPSA) is 137 Å². The molecule has 212 valence electrons.